The lowest BCUT2D eigenvalue weighted by Gasteiger charge is -2.00. The number of hydrogen-bond acceptors (Lipinski definition) is 4. The Morgan fingerprint density at radius 3 is 2.85 bits per heavy atom. The fraction of sp³-hybridized carbons (Fsp3) is 0.111. The molecule has 1 aromatic heterocycles. The smallest absolute Gasteiger partial charge is 0.125 e. The van der Waals surface area contributed by atoms with Gasteiger partial charge < -0.3 is 16.5 Å². The first-order valence-electron chi connectivity index (χ1n) is 3.89. The van der Waals surface area contributed by atoms with Crippen LogP contribution in [0.2, 0.25) is 0 Å². The van der Waals surface area contributed by atoms with E-state index in [0.29, 0.717) is 5.71 Å². The van der Waals surface area contributed by atoms with Gasteiger partial charge in [-0.05, 0) is 24.4 Å². The Bertz CT molecular complexity index is 313. The molecule has 1 heterocycles. The van der Waals surface area contributed by atoms with Gasteiger partial charge in [0, 0.05) is 18.8 Å². The van der Waals surface area contributed by atoms with Gasteiger partial charge in [-0.2, -0.15) is 0 Å². The van der Waals surface area contributed by atoms with Crippen molar-refractivity contribution in [2.24, 2.45) is 5.73 Å². The second-order valence-electron chi connectivity index (χ2n) is 2.45. The number of pyridine rings is 1. The Kier molecular flexibility index (Phi) is 3.03. The second kappa shape index (κ2) is 4.25. The van der Waals surface area contributed by atoms with Crippen molar-refractivity contribution < 1.29 is 0 Å². The van der Waals surface area contributed by atoms with Gasteiger partial charge in [0.2, 0.25) is 0 Å². The molecule has 0 bridgehead atoms. The zero-order valence-corrected chi connectivity index (χ0v) is 7.41. The summed E-state index contributed by atoms with van der Waals surface area (Å²) in [4.78, 5) is 4.07. The monoisotopic (exact) mass is 176 g/mol. The van der Waals surface area contributed by atoms with Gasteiger partial charge in [-0.25, -0.2) is 4.98 Å². The molecule has 0 aliphatic heterocycles. The van der Waals surface area contributed by atoms with Crippen LogP contribution >= 0.6 is 0 Å². The third-order valence-electron chi connectivity index (χ3n) is 1.59. The minimum atomic E-state index is 0.359. The largest absolute Gasteiger partial charge is 0.405 e. The van der Waals surface area contributed by atoms with Gasteiger partial charge in [-0.1, -0.05) is 0 Å². The summed E-state index contributed by atoms with van der Waals surface area (Å²) >= 11 is 0. The molecular weight excluding hydrogens is 164 g/mol. The van der Waals surface area contributed by atoms with E-state index in [1.165, 1.54) is 12.3 Å². The predicted molar refractivity (Wildman–Crippen MR) is 53.9 cm³/mol. The van der Waals surface area contributed by atoms with Gasteiger partial charge in [0.05, 0.1) is 5.71 Å². The maximum Gasteiger partial charge on any atom is 0.125 e. The van der Waals surface area contributed by atoms with Crippen LogP contribution in [0.3, 0.4) is 0 Å². The highest BCUT2D eigenvalue weighted by molar-refractivity contribution is 6.06. The van der Waals surface area contributed by atoms with Crippen LogP contribution < -0.4 is 11.1 Å². The zero-order valence-electron chi connectivity index (χ0n) is 7.41. The first-order valence-corrected chi connectivity index (χ1v) is 3.89. The fourth-order valence-electron chi connectivity index (χ4n) is 0.894. The number of nitrogens with one attached hydrogen (secondary N) is 2. The Hall–Kier alpha value is -1.84. The van der Waals surface area contributed by atoms with E-state index >= 15 is 0 Å². The van der Waals surface area contributed by atoms with Crippen LogP contribution in [0.25, 0.3) is 0 Å². The fourth-order valence-corrected chi connectivity index (χ4v) is 0.894. The second-order valence-corrected chi connectivity index (χ2v) is 2.45. The number of rotatable bonds is 3. The van der Waals surface area contributed by atoms with Gasteiger partial charge in [-0.3, -0.25) is 0 Å². The van der Waals surface area contributed by atoms with E-state index in [0.717, 1.165) is 11.4 Å². The van der Waals surface area contributed by atoms with Crippen molar-refractivity contribution in [2.75, 3.05) is 12.4 Å². The normalized spacial score (nSPS) is 10.2. The van der Waals surface area contributed by atoms with Crippen molar-refractivity contribution >= 4 is 11.5 Å². The summed E-state index contributed by atoms with van der Waals surface area (Å²) in [7, 11) is 1.80. The average Bonchev–Trinajstić information content (AvgIpc) is 2.18. The molecule has 0 spiro atoms. The topological polar surface area (TPSA) is 74.8 Å². The number of anilines is 1. The highest BCUT2D eigenvalue weighted by Gasteiger charge is 1.97. The van der Waals surface area contributed by atoms with Crippen molar-refractivity contribution in [1.29, 1.82) is 5.41 Å². The molecule has 0 saturated heterocycles. The first-order chi connectivity index (χ1) is 6.27. The molecule has 0 radical (unpaired) electrons. The summed E-state index contributed by atoms with van der Waals surface area (Å²) in [6.45, 7) is 0. The van der Waals surface area contributed by atoms with Gasteiger partial charge in [0.25, 0.3) is 0 Å². The highest BCUT2D eigenvalue weighted by Crippen LogP contribution is 2.04. The molecule has 0 unspecified atom stereocenters. The average molecular weight is 176 g/mol. The molecule has 0 aliphatic carbocycles. The summed E-state index contributed by atoms with van der Waals surface area (Å²) in [6.07, 6.45) is 4.50. The molecule has 0 atom stereocenters. The van der Waals surface area contributed by atoms with Crippen molar-refractivity contribution in [3.05, 3.63) is 36.2 Å². The Morgan fingerprint density at radius 2 is 2.38 bits per heavy atom. The van der Waals surface area contributed by atoms with Crippen molar-refractivity contribution in [2.45, 2.75) is 0 Å². The number of nitrogens with zero attached hydrogens (tertiary/aromatic N) is 1. The van der Waals surface area contributed by atoms with Gasteiger partial charge in [0.15, 0.2) is 0 Å². The van der Waals surface area contributed by atoms with E-state index in [-0.39, 0.29) is 0 Å². The van der Waals surface area contributed by atoms with E-state index < -0.39 is 0 Å². The van der Waals surface area contributed by atoms with Gasteiger partial charge >= 0.3 is 0 Å². The lowest BCUT2D eigenvalue weighted by Crippen LogP contribution is -1.98. The van der Waals surface area contributed by atoms with Crippen LogP contribution in [0, 0.1) is 5.41 Å². The minimum absolute atomic E-state index is 0.359. The predicted octanol–water partition coefficient (Wildman–Crippen LogP) is 0.964. The number of hydrogen-bond donors (Lipinski definition) is 3. The number of nitrogens with two attached hydrogens (primary N) is 1. The summed E-state index contributed by atoms with van der Waals surface area (Å²) < 4.78 is 0. The minimum Gasteiger partial charge on any atom is -0.405 e. The van der Waals surface area contributed by atoms with Crippen molar-refractivity contribution in [3.63, 3.8) is 0 Å². The van der Waals surface area contributed by atoms with E-state index in [4.69, 9.17) is 11.1 Å². The van der Waals surface area contributed by atoms with Crippen LogP contribution in [0.5, 0.6) is 0 Å². The van der Waals surface area contributed by atoms with Gasteiger partial charge in [-0.15, -0.1) is 0 Å². The van der Waals surface area contributed by atoms with Crippen LogP contribution in [0.15, 0.2) is 30.6 Å². The quantitative estimate of drug-likeness (QED) is 0.600. The number of aromatic nitrogens is 1. The number of allylic oxidation sites excluding steroid dienone is 1. The van der Waals surface area contributed by atoms with E-state index in [2.05, 4.69) is 10.3 Å². The molecule has 4 N–H and O–H groups in total. The van der Waals surface area contributed by atoms with Crippen LogP contribution in [0.1, 0.15) is 5.56 Å². The third kappa shape index (κ3) is 2.30. The summed E-state index contributed by atoms with van der Waals surface area (Å²) in [6, 6.07) is 3.63. The molecule has 0 aliphatic rings. The van der Waals surface area contributed by atoms with Crippen LogP contribution in [-0.2, 0) is 0 Å². The summed E-state index contributed by atoms with van der Waals surface area (Å²) in [5.74, 6) is 0.785. The highest BCUT2D eigenvalue weighted by atomic mass is 14.9. The summed E-state index contributed by atoms with van der Waals surface area (Å²) in [5.41, 5.74) is 6.28. The molecule has 68 valence electrons. The lowest BCUT2D eigenvalue weighted by atomic mass is 10.2. The molecule has 1 aromatic rings. The third-order valence-corrected chi connectivity index (χ3v) is 1.59. The molecule has 13 heavy (non-hydrogen) atoms. The van der Waals surface area contributed by atoms with Crippen LogP contribution in [0.4, 0.5) is 5.82 Å². The summed E-state index contributed by atoms with van der Waals surface area (Å²) in [5, 5.41) is 10.4. The SMILES string of the molecule is CNc1ccc(C(=N)/C=C\N)cn1. The lowest BCUT2D eigenvalue weighted by molar-refractivity contribution is 1.27. The Labute approximate surface area is 77.0 Å². The zero-order chi connectivity index (χ0) is 9.68. The Balaban J connectivity index is 2.85. The standard InChI is InChI=1S/C9H12N4/c1-12-9-3-2-7(6-13-9)8(11)4-5-10/h2-6,11H,10H2,1H3,(H,12,13)/b5-4-,11-8?. The molecule has 0 fully saturated rings. The molecule has 4 heteroatoms. The van der Waals surface area contributed by atoms with Crippen molar-refractivity contribution in [1.82, 2.24) is 4.98 Å². The van der Waals surface area contributed by atoms with Crippen LogP contribution in [-0.4, -0.2) is 17.7 Å². The van der Waals surface area contributed by atoms with E-state index in [1.807, 2.05) is 12.1 Å². The molecular formula is C9H12N4. The molecule has 4 nitrogen and oxygen atoms in total. The maximum absolute atomic E-state index is 7.53. The first kappa shape index (κ1) is 9.25. The van der Waals surface area contributed by atoms with Crippen molar-refractivity contribution in [3.8, 4) is 0 Å². The molecule has 1 rings (SSSR count). The molecule has 0 aromatic carbocycles. The molecule has 0 saturated carbocycles. The molecule has 0 amide bonds. The van der Waals surface area contributed by atoms with Gasteiger partial charge in [0.1, 0.15) is 5.82 Å². The maximum atomic E-state index is 7.53. The Morgan fingerprint density at radius 1 is 1.62 bits per heavy atom. The van der Waals surface area contributed by atoms with E-state index in [1.54, 1.807) is 13.2 Å². The van der Waals surface area contributed by atoms with E-state index in [9.17, 15) is 0 Å².